The lowest BCUT2D eigenvalue weighted by Gasteiger charge is -2.08. The van der Waals surface area contributed by atoms with Crippen LogP contribution in [0.15, 0.2) is 47.5 Å². The highest BCUT2D eigenvalue weighted by Gasteiger charge is 2.22. The summed E-state index contributed by atoms with van der Waals surface area (Å²) >= 11 is 0. The van der Waals surface area contributed by atoms with Crippen LogP contribution in [0.4, 0.5) is 5.69 Å². The van der Waals surface area contributed by atoms with Gasteiger partial charge in [-0.1, -0.05) is 0 Å². The van der Waals surface area contributed by atoms with E-state index in [1.165, 1.54) is 43.3 Å². The van der Waals surface area contributed by atoms with Gasteiger partial charge in [-0.05, 0) is 49.1 Å². The molecule has 1 heterocycles. The third-order valence-corrected chi connectivity index (χ3v) is 4.53. The lowest BCUT2D eigenvalue weighted by Crippen LogP contribution is -2.14. The molecule has 1 aromatic carbocycles. The van der Waals surface area contributed by atoms with E-state index in [2.05, 4.69) is 10.3 Å². The quantitative estimate of drug-likeness (QED) is 0.827. The number of aromatic nitrogens is 1. The first kappa shape index (κ1) is 16.4. The molecule has 1 aromatic heterocycles. The van der Waals surface area contributed by atoms with Crippen molar-refractivity contribution >= 4 is 21.6 Å². The number of rotatable bonds is 6. The van der Waals surface area contributed by atoms with Crippen LogP contribution in [0.2, 0.25) is 0 Å². The van der Waals surface area contributed by atoms with E-state index >= 15 is 0 Å². The van der Waals surface area contributed by atoms with Gasteiger partial charge < -0.3 is 10.1 Å². The number of benzene rings is 1. The topological polar surface area (TPSA) is 111 Å². The van der Waals surface area contributed by atoms with Gasteiger partial charge in [0, 0.05) is 23.5 Å². The van der Waals surface area contributed by atoms with Gasteiger partial charge in [-0.25, -0.2) is 18.5 Å². The number of nitrogens with two attached hydrogens (primary N) is 1. The number of sulfonamides is 1. The first-order valence-electron chi connectivity index (χ1n) is 7.45. The Bertz CT molecular complexity index is 846. The average molecular weight is 347 g/mol. The Kier molecular flexibility index (Phi) is 4.50. The molecular weight excluding hydrogens is 330 g/mol. The monoisotopic (exact) mass is 347 g/mol. The molecule has 3 rings (SSSR count). The Hall–Kier alpha value is -2.45. The minimum atomic E-state index is -3.75. The zero-order chi connectivity index (χ0) is 17.2. The lowest BCUT2D eigenvalue weighted by molar-refractivity contribution is 0.102. The first-order chi connectivity index (χ1) is 11.4. The smallest absolute Gasteiger partial charge is 0.255 e. The van der Waals surface area contributed by atoms with Crippen LogP contribution >= 0.6 is 0 Å². The summed E-state index contributed by atoms with van der Waals surface area (Å²) in [4.78, 5) is 16.3. The van der Waals surface area contributed by atoms with Crippen molar-refractivity contribution < 1.29 is 17.9 Å². The molecule has 0 spiro atoms. The fraction of sp³-hybridized carbons (Fsp3) is 0.250. The lowest BCUT2D eigenvalue weighted by atomic mass is 10.2. The Morgan fingerprint density at radius 1 is 1.25 bits per heavy atom. The van der Waals surface area contributed by atoms with E-state index in [4.69, 9.17) is 9.88 Å². The van der Waals surface area contributed by atoms with Gasteiger partial charge in [-0.15, -0.1) is 0 Å². The van der Waals surface area contributed by atoms with Gasteiger partial charge in [-0.2, -0.15) is 0 Å². The van der Waals surface area contributed by atoms with Crippen molar-refractivity contribution in [3.05, 3.63) is 48.2 Å². The predicted octanol–water partition coefficient (Wildman–Crippen LogP) is 1.77. The van der Waals surface area contributed by atoms with Crippen molar-refractivity contribution in [3.63, 3.8) is 0 Å². The minimum absolute atomic E-state index is 0.0137. The summed E-state index contributed by atoms with van der Waals surface area (Å²) < 4.78 is 28.0. The summed E-state index contributed by atoms with van der Waals surface area (Å²) in [6, 6.07) is 8.78. The summed E-state index contributed by atoms with van der Waals surface area (Å²) in [6.07, 6.45) is 3.87. The molecule has 1 amide bonds. The van der Waals surface area contributed by atoms with Gasteiger partial charge in [0.2, 0.25) is 15.9 Å². The van der Waals surface area contributed by atoms with E-state index < -0.39 is 10.0 Å². The maximum absolute atomic E-state index is 12.3. The van der Waals surface area contributed by atoms with Crippen molar-refractivity contribution in [2.75, 3.05) is 11.9 Å². The molecule has 1 aliphatic rings. The van der Waals surface area contributed by atoms with Crippen LogP contribution in [0, 0.1) is 5.92 Å². The molecule has 24 heavy (non-hydrogen) atoms. The number of nitrogens with zero attached hydrogens (tertiary/aromatic N) is 1. The second-order valence-electron chi connectivity index (χ2n) is 5.66. The van der Waals surface area contributed by atoms with Gasteiger partial charge in [0.05, 0.1) is 11.5 Å². The van der Waals surface area contributed by atoms with Gasteiger partial charge in [0.1, 0.15) is 0 Å². The molecule has 1 aliphatic carbocycles. The van der Waals surface area contributed by atoms with Crippen molar-refractivity contribution in [1.82, 2.24) is 4.98 Å². The molecule has 126 valence electrons. The van der Waals surface area contributed by atoms with Gasteiger partial charge in [0.15, 0.2) is 0 Å². The largest absolute Gasteiger partial charge is 0.477 e. The molecule has 0 aliphatic heterocycles. The number of ether oxygens (including phenoxy) is 1. The van der Waals surface area contributed by atoms with Gasteiger partial charge in [-0.3, -0.25) is 4.79 Å². The number of carbonyl (C=O) groups is 1. The number of amides is 1. The van der Waals surface area contributed by atoms with Crippen molar-refractivity contribution in [2.24, 2.45) is 11.1 Å². The normalized spacial score (nSPS) is 14.2. The van der Waals surface area contributed by atoms with Crippen LogP contribution < -0.4 is 15.2 Å². The van der Waals surface area contributed by atoms with Crippen LogP contribution in [0.3, 0.4) is 0 Å². The number of hydrogen-bond donors (Lipinski definition) is 2. The Morgan fingerprint density at radius 3 is 2.58 bits per heavy atom. The van der Waals surface area contributed by atoms with E-state index in [1.54, 1.807) is 12.1 Å². The standard InChI is InChI=1S/C16H17N3O4S/c17-24(21,22)14-5-3-13(4-6-14)19-16(20)12-7-8-18-15(9-12)23-10-11-1-2-11/h3-9,11H,1-2,10H2,(H,19,20)(H2,17,21,22). The van der Waals surface area contributed by atoms with Gasteiger partial charge in [0.25, 0.3) is 5.91 Å². The maximum Gasteiger partial charge on any atom is 0.255 e. The Morgan fingerprint density at radius 2 is 1.96 bits per heavy atom. The molecule has 0 atom stereocenters. The zero-order valence-electron chi connectivity index (χ0n) is 12.8. The van der Waals surface area contributed by atoms with Crippen LogP contribution in [0.1, 0.15) is 23.2 Å². The predicted molar refractivity (Wildman–Crippen MR) is 88.2 cm³/mol. The van der Waals surface area contributed by atoms with Crippen LogP contribution in [-0.4, -0.2) is 25.9 Å². The SMILES string of the molecule is NS(=O)(=O)c1ccc(NC(=O)c2ccnc(OCC3CC3)c2)cc1. The molecule has 0 radical (unpaired) electrons. The number of pyridine rings is 1. The minimum Gasteiger partial charge on any atom is -0.477 e. The summed E-state index contributed by atoms with van der Waals surface area (Å²) in [5, 5.41) is 7.72. The fourth-order valence-corrected chi connectivity index (χ4v) is 2.56. The Balaban J connectivity index is 1.66. The van der Waals surface area contributed by atoms with Crippen LogP contribution in [-0.2, 0) is 10.0 Å². The van der Waals surface area contributed by atoms with Gasteiger partial charge >= 0.3 is 0 Å². The average Bonchev–Trinajstić information content (AvgIpc) is 3.37. The molecule has 7 nitrogen and oxygen atoms in total. The number of nitrogens with one attached hydrogen (secondary N) is 1. The highest BCUT2D eigenvalue weighted by molar-refractivity contribution is 7.89. The molecule has 8 heteroatoms. The first-order valence-corrected chi connectivity index (χ1v) is 8.99. The molecule has 3 N–H and O–H groups in total. The van der Waals surface area contributed by atoms with E-state index in [-0.39, 0.29) is 10.8 Å². The van der Waals surface area contributed by atoms with E-state index in [9.17, 15) is 13.2 Å². The number of primary sulfonamides is 1. The Labute approximate surface area is 139 Å². The fourth-order valence-electron chi connectivity index (χ4n) is 2.05. The molecule has 0 saturated heterocycles. The van der Waals surface area contributed by atoms with E-state index in [0.717, 1.165) is 0 Å². The summed E-state index contributed by atoms with van der Waals surface area (Å²) in [5.41, 5.74) is 0.871. The molecule has 2 aromatic rings. The summed E-state index contributed by atoms with van der Waals surface area (Å²) in [7, 11) is -3.75. The zero-order valence-corrected chi connectivity index (χ0v) is 13.6. The molecule has 0 bridgehead atoms. The third-order valence-electron chi connectivity index (χ3n) is 3.60. The van der Waals surface area contributed by atoms with Crippen molar-refractivity contribution in [1.29, 1.82) is 0 Å². The van der Waals surface area contributed by atoms with E-state index in [0.29, 0.717) is 29.7 Å². The van der Waals surface area contributed by atoms with Crippen LogP contribution in [0.25, 0.3) is 0 Å². The molecule has 0 unspecified atom stereocenters. The summed E-state index contributed by atoms with van der Waals surface area (Å²) in [6.45, 7) is 0.618. The highest BCUT2D eigenvalue weighted by atomic mass is 32.2. The molecule has 1 fully saturated rings. The summed E-state index contributed by atoms with van der Waals surface area (Å²) in [5.74, 6) is 0.678. The molecule has 1 saturated carbocycles. The van der Waals surface area contributed by atoms with E-state index in [1.807, 2.05) is 0 Å². The van der Waals surface area contributed by atoms with Crippen molar-refractivity contribution in [3.8, 4) is 5.88 Å². The number of carbonyl (C=O) groups excluding carboxylic acids is 1. The van der Waals surface area contributed by atoms with Crippen molar-refractivity contribution in [2.45, 2.75) is 17.7 Å². The molecular formula is C16H17N3O4S. The second-order valence-corrected chi connectivity index (χ2v) is 7.22. The highest BCUT2D eigenvalue weighted by Crippen LogP contribution is 2.29. The van der Waals surface area contributed by atoms with Crippen LogP contribution in [0.5, 0.6) is 5.88 Å². The number of anilines is 1. The maximum atomic E-state index is 12.3. The third kappa shape index (κ3) is 4.30. The second kappa shape index (κ2) is 6.58. The number of hydrogen-bond acceptors (Lipinski definition) is 5.